The summed E-state index contributed by atoms with van der Waals surface area (Å²) in [5.41, 5.74) is 2.59. The zero-order valence-electron chi connectivity index (χ0n) is 11.9. The highest BCUT2D eigenvalue weighted by Gasteiger charge is 2.21. The lowest BCUT2D eigenvalue weighted by Gasteiger charge is -2.26. The number of rotatable bonds is 4. The Hall–Kier alpha value is -2.29. The molecule has 0 fully saturated rings. The van der Waals surface area contributed by atoms with E-state index in [1.165, 1.54) is 11.1 Å². The first-order valence-electron chi connectivity index (χ1n) is 7.38. The summed E-state index contributed by atoms with van der Waals surface area (Å²) in [5, 5.41) is 3.08. The second-order valence-electron chi connectivity index (χ2n) is 5.31. The molecular weight excluding hydrogens is 262 g/mol. The summed E-state index contributed by atoms with van der Waals surface area (Å²) in [6.07, 6.45) is 3.21. The van der Waals surface area contributed by atoms with E-state index in [1.807, 2.05) is 36.4 Å². The van der Waals surface area contributed by atoms with Crippen LogP contribution in [-0.2, 0) is 11.2 Å². The van der Waals surface area contributed by atoms with Gasteiger partial charge in [0.25, 0.3) is 5.91 Å². The Bertz CT molecular complexity index is 610. The van der Waals surface area contributed by atoms with Crippen molar-refractivity contribution in [3.63, 3.8) is 0 Å². The Morgan fingerprint density at radius 2 is 1.86 bits per heavy atom. The lowest BCUT2D eigenvalue weighted by molar-refractivity contribution is -0.123. The van der Waals surface area contributed by atoms with Crippen LogP contribution in [0.4, 0.5) is 0 Å². The smallest absolute Gasteiger partial charge is 0.258 e. The van der Waals surface area contributed by atoms with E-state index in [4.69, 9.17) is 4.74 Å². The van der Waals surface area contributed by atoms with E-state index in [-0.39, 0.29) is 18.6 Å². The van der Waals surface area contributed by atoms with Crippen LogP contribution in [-0.4, -0.2) is 12.5 Å². The third-order valence-corrected chi connectivity index (χ3v) is 3.82. The Morgan fingerprint density at radius 1 is 1.10 bits per heavy atom. The molecule has 1 aliphatic carbocycles. The van der Waals surface area contributed by atoms with Crippen molar-refractivity contribution < 1.29 is 9.53 Å². The average molecular weight is 281 g/mol. The van der Waals surface area contributed by atoms with Crippen LogP contribution in [0.1, 0.15) is 30.0 Å². The van der Waals surface area contributed by atoms with Crippen LogP contribution in [0.5, 0.6) is 5.75 Å². The number of aryl methyl sites for hydroxylation is 1. The molecule has 0 heterocycles. The molecule has 2 aromatic carbocycles. The molecule has 0 spiro atoms. The maximum Gasteiger partial charge on any atom is 0.258 e. The minimum Gasteiger partial charge on any atom is -0.484 e. The molecule has 0 radical (unpaired) electrons. The number of carbonyl (C=O) groups is 1. The minimum atomic E-state index is -0.0689. The van der Waals surface area contributed by atoms with E-state index in [9.17, 15) is 4.79 Å². The minimum absolute atomic E-state index is 0.0582. The van der Waals surface area contributed by atoms with E-state index in [0.29, 0.717) is 0 Å². The van der Waals surface area contributed by atoms with Crippen LogP contribution >= 0.6 is 0 Å². The highest BCUT2D eigenvalue weighted by molar-refractivity contribution is 5.78. The molecule has 0 aliphatic heterocycles. The van der Waals surface area contributed by atoms with Gasteiger partial charge in [-0.3, -0.25) is 4.79 Å². The van der Waals surface area contributed by atoms with E-state index < -0.39 is 0 Å². The number of hydrogen-bond donors (Lipinski definition) is 1. The molecule has 21 heavy (non-hydrogen) atoms. The highest BCUT2D eigenvalue weighted by Crippen LogP contribution is 2.29. The van der Waals surface area contributed by atoms with Crippen molar-refractivity contribution in [1.29, 1.82) is 0 Å². The first kappa shape index (κ1) is 13.7. The Labute approximate surface area is 124 Å². The number of fused-ring (bicyclic) bond motifs is 1. The van der Waals surface area contributed by atoms with Gasteiger partial charge in [0.2, 0.25) is 0 Å². The third-order valence-electron chi connectivity index (χ3n) is 3.82. The molecule has 1 atom stereocenters. The summed E-state index contributed by atoms with van der Waals surface area (Å²) in [6.45, 7) is 0.0582. The summed E-state index contributed by atoms with van der Waals surface area (Å²) in [7, 11) is 0. The number of hydrogen-bond acceptors (Lipinski definition) is 2. The summed E-state index contributed by atoms with van der Waals surface area (Å²) >= 11 is 0. The molecule has 1 N–H and O–H groups in total. The number of para-hydroxylation sites is 1. The molecule has 0 saturated carbocycles. The summed E-state index contributed by atoms with van der Waals surface area (Å²) < 4.78 is 5.49. The molecule has 3 nitrogen and oxygen atoms in total. The zero-order chi connectivity index (χ0) is 14.5. The van der Waals surface area contributed by atoms with Gasteiger partial charge >= 0.3 is 0 Å². The summed E-state index contributed by atoms with van der Waals surface area (Å²) in [5.74, 6) is 0.650. The first-order chi connectivity index (χ1) is 10.3. The Morgan fingerprint density at radius 3 is 2.71 bits per heavy atom. The lowest BCUT2D eigenvalue weighted by Crippen LogP contribution is -2.34. The van der Waals surface area contributed by atoms with Gasteiger partial charge in [-0.15, -0.1) is 0 Å². The van der Waals surface area contributed by atoms with Crippen LogP contribution in [0.15, 0.2) is 54.6 Å². The molecule has 108 valence electrons. The quantitative estimate of drug-likeness (QED) is 0.934. The van der Waals surface area contributed by atoms with E-state index >= 15 is 0 Å². The zero-order valence-corrected chi connectivity index (χ0v) is 11.9. The van der Waals surface area contributed by atoms with Crippen molar-refractivity contribution in [2.24, 2.45) is 0 Å². The normalized spacial score (nSPS) is 16.9. The number of amides is 1. The molecule has 0 unspecified atom stereocenters. The number of ether oxygens (including phenoxy) is 1. The maximum atomic E-state index is 12.1. The number of benzene rings is 2. The Kier molecular flexibility index (Phi) is 4.20. The lowest BCUT2D eigenvalue weighted by atomic mass is 9.88. The molecule has 0 saturated heterocycles. The fourth-order valence-corrected chi connectivity index (χ4v) is 2.81. The number of carbonyl (C=O) groups excluding carboxylic acids is 1. The van der Waals surface area contributed by atoms with E-state index in [2.05, 4.69) is 23.5 Å². The molecule has 3 rings (SSSR count). The van der Waals surface area contributed by atoms with Gasteiger partial charge in [0.15, 0.2) is 6.61 Å². The van der Waals surface area contributed by atoms with Gasteiger partial charge in [0, 0.05) is 0 Å². The van der Waals surface area contributed by atoms with Crippen LogP contribution in [0.3, 0.4) is 0 Å². The predicted octanol–water partition coefficient (Wildman–Crippen LogP) is 3.26. The molecule has 3 heteroatoms. The van der Waals surface area contributed by atoms with Gasteiger partial charge in [0.05, 0.1) is 6.04 Å². The van der Waals surface area contributed by atoms with Gasteiger partial charge < -0.3 is 10.1 Å². The topological polar surface area (TPSA) is 38.3 Å². The van der Waals surface area contributed by atoms with Crippen molar-refractivity contribution in [3.05, 3.63) is 65.7 Å². The van der Waals surface area contributed by atoms with Gasteiger partial charge in [-0.05, 0) is 42.5 Å². The van der Waals surface area contributed by atoms with Gasteiger partial charge in [-0.1, -0.05) is 42.5 Å². The van der Waals surface area contributed by atoms with E-state index in [1.54, 1.807) is 0 Å². The fourth-order valence-electron chi connectivity index (χ4n) is 2.81. The second kappa shape index (κ2) is 6.44. The monoisotopic (exact) mass is 281 g/mol. The van der Waals surface area contributed by atoms with Crippen molar-refractivity contribution in [3.8, 4) is 5.75 Å². The van der Waals surface area contributed by atoms with E-state index in [0.717, 1.165) is 25.0 Å². The van der Waals surface area contributed by atoms with Crippen molar-refractivity contribution in [2.45, 2.75) is 25.3 Å². The molecule has 1 amide bonds. The molecular formula is C18H19NO2. The fraction of sp³-hybridized carbons (Fsp3) is 0.278. The molecule has 2 aromatic rings. The average Bonchev–Trinajstić information content (AvgIpc) is 2.54. The summed E-state index contributed by atoms with van der Waals surface area (Å²) in [6, 6.07) is 17.9. The van der Waals surface area contributed by atoms with Gasteiger partial charge in [-0.25, -0.2) is 0 Å². The second-order valence-corrected chi connectivity index (χ2v) is 5.31. The highest BCUT2D eigenvalue weighted by atomic mass is 16.5. The largest absolute Gasteiger partial charge is 0.484 e. The van der Waals surface area contributed by atoms with Crippen LogP contribution in [0.2, 0.25) is 0 Å². The molecule has 0 aromatic heterocycles. The standard InChI is InChI=1S/C18H19NO2/c20-18(13-21-15-9-2-1-3-10-15)19-17-12-6-8-14-7-4-5-11-16(14)17/h1-5,7,9-11,17H,6,8,12-13H2,(H,19,20)/t17-/m0/s1. The third kappa shape index (κ3) is 3.43. The van der Waals surface area contributed by atoms with Crippen molar-refractivity contribution >= 4 is 5.91 Å². The number of nitrogens with one attached hydrogen (secondary N) is 1. The summed E-state index contributed by atoms with van der Waals surface area (Å²) in [4.78, 5) is 12.1. The predicted molar refractivity (Wildman–Crippen MR) is 82.2 cm³/mol. The molecule has 1 aliphatic rings. The van der Waals surface area contributed by atoms with Crippen molar-refractivity contribution in [2.75, 3.05) is 6.61 Å². The van der Waals surface area contributed by atoms with Crippen LogP contribution in [0, 0.1) is 0 Å². The van der Waals surface area contributed by atoms with Crippen LogP contribution < -0.4 is 10.1 Å². The maximum absolute atomic E-state index is 12.1. The first-order valence-corrected chi connectivity index (χ1v) is 7.38. The SMILES string of the molecule is O=C(COc1ccccc1)N[C@H]1CCCc2ccccc21. The van der Waals surface area contributed by atoms with Gasteiger partial charge in [0.1, 0.15) is 5.75 Å². The molecule has 0 bridgehead atoms. The van der Waals surface area contributed by atoms with Crippen molar-refractivity contribution in [1.82, 2.24) is 5.32 Å². The van der Waals surface area contributed by atoms with Gasteiger partial charge in [-0.2, -0.15) is 0 Å². The van der Waals surface area contributed by atoms with Crippen LogP contribution in [0.25, 0.3) is 0 Å². The Balaban J connectivity index is 1.58.